The van der Waals surface area contributed by atoms with E-state index in [4.69, 9.17) is 5.73 Å². The number of thiazole rings is 1. The molecule has 0 saturated carbocycles. The monoisotopic (exact) mass is 238 g/mol. The van der Waals surface area contributed by atoms with Crippen molar-refractivity contribution >= 4 is 22.7 Å². The first-order valence-electron chi connectivity index (χ1n) is 5.02. The molecule has 0 amide bonds. The largest absolute Gasteiger partial charge is 0.327 e. The average molecular weight is 238 g/mol. The Morgan fingerprint density at radius 1 is 1.47 bits per heavy atom. The fourth-order valence-electron chi connectivity index (χ4n) is 1.33. The Morgan fingerprint density at radius 2 is 2.33 bits per heavy atom. The fourth-order valence-corrected chi connectivity index (χ4v) is 2.88. The van der Waals surface area contributed by atoms with Gasteiger partial charge in [-0.2, -0.15) is 11.3 Å². The lowest BCUT2D eigenvalue weighted by atomic mass is 10.1. The molecule has 1 atom stereocenters. The molecule has 0 aliphatic heterocycles. The highest BCUT2D eigenvalue weighted by Crippen LogP contribution is 2.25. The maximum atomic E-state index is 5.90. The summed E-state index contributed by atoms with van der Waals surface area (Å²) in [6, 6.07) is 2.34. The molecule has 80 valence electrons. The second-order valence-electron chi connectivity index (χ2n) is 3.53. The molecule has 2 aromatic rings. The highest BCUT2D eigenvalue weighted by Gasteiger charge is 2.07. The molecular weight excluding hydrogens is 224 g/mol. The molecule has 0 aliphatic rings. The maximum Gasteiger partial charge on any atom is 0.124 e. The average Bonchev–Trinajstić information content (AvgIpc) is 2.85. The van der Waals surface area contributed by atoms with Crippen LogP contribution in [0.1, 0.15) is 19.0 Å². The number of hydrogen-bond donors (Lipinski definition) is 1. The summed E-state index contributed by atoms with van der Waals surface area (Å²) in [7, 11) is 0. The molecule has 2 rings (SSSR count). The Balaban J connectivity index is 2.11. The predicted molar refractivity (Wildman–Crippen MR) is 67.4 cm³/mol. The van der Waals surface area contributed by atoms with Crippen LogP contribution in [0.15, 0.2) is 22.2 Å². The summed E-state index contributed by atoms with van der Waals surface area (Å²) in [5.41, 5.74) is 8.24. The third-order valence-corrected chi connectivity index (χ3v) is 3.94. The van der Waals surface area contributed by atoms with E-state index in [1.807, 2.05) is 0 Å². The molecule has 2 aromatic heterocycles. The Labute approximate surface area is 97.8 Å². The number of hydrogen-bond acceptors (Lipinski definition) is 4. The summed E-state index contributed by atoms with van der Waals surface area (Å²) in [4.78, 5) is 4.59. The SMILES string of the molecule is CCC(N)Cc1csc(-c2ccsc2)n1. The van der Waals surface area contributed by atoms with Gasteiger partial charge in [0.25, 0.3) is 0 Å². The van der Waals surface area contributed by atoms with Crippen molar-refractivity contribution in [3.05, 3.63) is 27.9 Å². The Morgan fingerprint density at radius 3 is 3.00 bits per heavy atom. The van der Waals surface area contributed by atoms with Gasteiger partial charge in [0.05, 0.1) is 5.69 Å². The fraction of sp³-hybridized carbons (Fsp3) is 0.364. The van der Waals surface area contributed by atoms with Crippen molar-refractivity contribution in [2.24, 2.45) is 5.73 Å². The standard InChI is InChI=1S/C11H14N2S2/c1-2-9(12)5-10-7-15-11(13-10)8-3-4-14-6-8/h3-4,6-7,9H,2,5,12H2,1H3. The van der Waals surface area contributed by atoms with Crippen LogP contribution in [-0.2, 0) is 6.42 Å². The number of nitrogens with zero attached hydrogens (tertiary/aromatic N) is 1. The van der Waals surface area contributed by atoms with Crippen LogP contribution < -0.4 is 5.73 Å². The topological polar surface area (TPSA) is 38.9 Å². The number of aromatic nitrogens is 1. The van der Waals surface area contributed by atoms with E-state index in [0.29, 0.717) is 0 Å². The first kappa shape index (κ1) is 10.8. The van der Waals surface area contributed by atoms with Crippen LogP contribution >= 0.6 is 22.7 Å². The molecule has 0 spiro atoms. The molecule has 15 heavy (non-hydrogen) atoms. The van der Waals surface area contributed by atoms with Gasteiger partial charge in [0.1, 0.15) is 5.01 Å². The van der Waals surface area contributed by atoms with Crippen LogP contribution in [0, 0.1) is 0 Å². The minimum Gasteiger partial charge on any atom is -0.327 e. The minimum absolute atomic E-state index is 0.238. The van der Waals surface area contributed by atoms with Crippen molar-refractivity contribution in [3.63, 3.8) is 0 Å². The van der Waals surface area contributed by atoms with Crippen molar-refractivity contribution in [2.75, 3.05) is 0 Å². The van der Waals surface area contributed by atoms with Crippen molar-refractivity contribution in [2.45, 2.75) is 25.8 Å². The van der Waals surface area contributed by atoms with Gasteiger partial charge in [-0.25, -0.2) is 4.98 Å². The van der Waals surface area contributed by atoms with Gasteiger partial charge in [-0.05, 0) is 17.9 Å². The molecule has 0 bridgehead atoms. The number of rotatable bonds is 4. The number of nitrogens with two attached hydrogens (primary N) is 1. The molecule has 0 radical (unpaired) electrons. The summed E-state index contributed by atoms with van der Waals surface area (Å²) in [5, 5.41) is 7.42. The molecule has 0 aromatic carbocycles. The van der Waals surface area contributed by atoms with Crippen molar-refractivity contribution in [3.8, 4) is 10.6 Å². The van der Waals surface area contributed by atoms with Crippen molar-refractivity contribution in [1.82, 2.24) is 4.98 Å². The van der Waals surface area contributed by atoms with Gasteiger partial charge in [-0.15, -0.1) is 11.3 Å². The van der Waals surface area contributed by atoms with Gasteiger partial charge in [-0.1, -0.05) is 6.92 Å². The normalized spacial score (nSPS) is 12.9. The lowest BCUT2D eigenvalue weighted by Crippen LogP contribution is -2.21. The smallest absolute Gasteiger partial charge is 0.124 e. The molecule has 2 N–H and O–H groups in total. The minimum atomic E-state index is 0.238. The highest BCUT2D eigenvalue weighted by atomic mass is 32.1. The van der Waals surface area contributed by atoms with Crippen LogP contribution in [0.25, 0.3) is 10.6 Å². The van der Waals surface area contributed by atoms with E-state index in [1.54, 1.807) is 22.7 Å². The molecule has 0 aliphatic carbocycles. The first-order valence-corrected chi connectivity index (χ1v) is 6.84. The van der Waals surface area contributed by atoms with Gasteiger partial charge in [0, 0.05) is 28.8 Å². The Hall–Kier alpha value is -0.710. The molecule has 4 heteroatoms. The zero-order chi connectivity index (χ0) is 10.7. The van der Waals surface area contributed by atoms with Crippen LogP contribution in [0.2, 0.25) is 0 Å². The molecule has 2 nitrogen and oxygen atoms in total. The van der Waals surface area contributed by atoms with Gasteiger partial charge >= 0.3 is 0 Å². The summed E-state index contributed by atoms with van der Waals surface area (Å²) in [6.45, 7) is 2.11. The first-order chi connectivity index (χ1) is 7.29. The van der Waals surface area contributed by atoms with E-state index in [-0.39, 0.29) is 6.04 Å². The summed E-state index contributed by atoms with van der Waals surface area (Å²) >= 11 is 3.40. The third-order valence-electron chi connectivity index (χ3n) is 2.32. The highest BCUT2D eigenvalue weighted by molar-refractivity contribution is 7.14. The molecule has 0 saturated heterocycles. The van der Waals surface area contributed by atoms with E-state index in [1.165, 1.54) is 5.56 Å². The van der Waals surface area contributed by atoms with E-state index >= 15 is 0 Å². The second kappa shape index (κ2) is 4.88. The van der Waals surface area contributed by atoms with E-state index in [9.17, 15) is 0 Å². The van der Waals surface area contributed by atoms with E-state index in [2.05, 4.69) is 34.1 Å². The quantitative estimate of drug-likeness (QED) is 0.888. The van der Waals surface area contributed by atoms with E-state index in [0.717, 1.165) is 23.5 Å². The van der Waals surface area contributed by atoms with Gasteiger partial charge in [-0.3, -0.25) is 0 Å². The van der Waals surface area contributed by atoms with Crippen LogP contribution in [0.4, 0.5) is 0 Å². The van der Waals surface area contributed by atoms with Crippen LogP contribution in [-0.4, -0.2) is 11.0 Å². The van der Waals surface area contributed by atoms with Crippen LogP contribution in [0.5, 0.6) is 0 Å². The molecular formula is C11H14N2S2. The Kier molecular flexibility index (Phi) is 3.51. The van der Waals surface area contributed by atoms with Crippen LogP contribution in [0.3, 0.4) is 0 Å². The second-order valence-corrected chi connectivity index (χ2v) is 5.17. The number of thiophene rings is 1. The predicted octanol–water partition coefficient (Wildman–Crippen LogP) is 3.15. The Bertz CT molecular complexity index is 406. The summed E-state index contributed by atoms with van der Waals surface area (Å²) in [6.07, 6.45) is 1.89. The third kappa shape index (κ3) is 2.65. The van der Waals surface area contributed by atoms with Crippen molar-refractivity contribution < 1.29 is 0 Å². The van der Waals surface area contributed by atoms with Gasteiger partial charge in [0.15, 0.2) is 0 Å². The molecule has 1 unspecified atom stereocenters. The zero-order valence-electron chi connectivity index (χ0n) is 8.64. The summed E-state index contributed by atoms with van der Waals surface area (Å²) in [5.74, 6) is 0. The van der Waals surface area contributed by atoms with E-state index < -0.39 is 0 Å². The lowest BCUT2D eigenvalue weighted by Gasteiger charge is -2.04. The lowest BCUT2D eigenvalue weighted by molar-refractivity contribution is 0.639. The molecule has 0 fully saturated rings. The maximum absolute atomic E-state index is 5.90. The van der Waals surface area contributed by atoms with Gasteiger partial charge < -0.3 is 5.73 Å². The summed E-state index contributed by atoms with van der Waals surface area (Å²) < 4.78 is 0. The zero-order valence-corrected chi connectivity index (χ0v) is 10.3. The molecule has 2 heterocycles. The van der Waals surface area contributed by atoms with Gasteiger partial charge in [0.2, 0.25) is 0 Å². The van der Waals surface area contributed by atoms with Crippen molar-refractivity contribution in [1.29, 1.82) is 0 Å².